The third-order valence-corrected chi connectivity index (χ3v) is 3.02. The Hall–Kier alpha value is -1.26. The lowest BCUT2D eigenvalue weighted by atomic mass is 10.3. The predicted molar refractivity (Wildman–Crippen MR) is 77.9 cm³/mol. The van der Waals surface area contributed by atoms with Gasteiger partial charge in [0, 0.05) is 19.6 Å². The van der Waals surface area contributed by atoms with Crippen molar-refractivity contribution in [3.05, 3.63) is 30.3 Å². The van der Waals surface area contributed by atoms with Gasteiger partial charge in [0.15, 0.2) is 0 Å². The predicted octanol–water partition coefficient (Wildman–Crippen LogP) is 1.70. The van der Waals surface area contributed by atoms with Crippen LogP contribution in [0, 0.1) is 0 Å². The molecule has 2 rings (SSSR count). The first-order valence-corrected chi connectivity index (χ1v) is 6.52. The van der Waals surface area contributed by atoms with Crippen LogP contribution in [-0.4, -0.2) is 43.6 Å². The maximum Gasteiger partial charge on any atom is 0.226 e. The smallest absolute Gasteiger partial charge is 0.226 e. The fraction of sp³-hybridized carbons (Fsp3) is 0.500. The molecule has 0 saturated carbocycles. The Morgan fingerprint density at radius 3 is 2.79 bits per heavy atom. The van der Waals surface area contributed by atoms with Gasteiger partial charge in [-0.15, -0.1) is 12.4 Å². The Labute approximate surface area is 120 Å². The van der Waals surface area contributed by atoms with Crippen molar-refractivity contribution in [1.82, 2.24) is 10.2 Å². The molecular weight excluding hydrogens is 264 g/mol. The van der Waals surface area contributed by atoms with Crippen molar-refractivity contribution in [2.45, 2.75) is 12.8 Å². The Kier molecular flexibility index (Phi) is 7.30. The summed E-state index contributed by atoms with van der Waals surface area (Å²) in [5, 5.41) is 3.29. The highest BCUT2D eigenvalue weighted by Crippen LogP contribution is 2.09. The molecule has 1 heterocycles. The summed E-state index contributed by atoms with van der Waals surface area (Å²) >= 11 is 0. The quantitative estimate of drug-likeness (QED) is 0.915. The molecule has 0 aliphatic carbocycles. The summed E-state index contributed by atoms with van der Waals surface area (Å²) < 4.78 is 5.54. The summed E-state index contributed by atoms with van der Waals surface area (Å²) in [5.74, 6) is 1.01. The summed E-state index contributed by atoms with van der Waals surface area (Å²) in [6.45, 7) is 4.02. The molecule has 1 aromatic carbocycles. The van der Waals surface area contributed by atoms with Crippen molar-refractivity contribution in [2.24, 2.45) is 0 Å². The minimum Gasteiger partial charge on any atom is -0.493 e. The number of benzene rings is 1. The van der Waals surface area contributed by atoms with Crippen LogP contribution in [0.3, 0.4) is 0 Å². The number of nitrogens with zero attached hydrogens (tertiary/aromatic N) is 1. The zero-order chi connectivity index (χ0) is 12.6. The Morgan fingerprint density at radius 1 is 1.21 bits per heavy atom. The van der Waals surface area contributed by atoms with Crippen LogP contribution in [0.25, 0.3) is 0 Å². The lowest BCUT2D eigenvalue weighted by Gasteiger charge is -2.19. The number of hydrogen-bond acceptors (Lipinski definition) is 3. The molecule has 1 N–H and O–H groups in total. The van der Waals surface area contributed by atoms with Gasteiger partial charge < -0.3 is 15.0 Å². The van der Waals surface area contributed by atoms with Crippen LogP contribution in [0.15, 0.2) is 30.3 Å². The number of nitrogens with one attached hydrogen (secondary N) is 1. The summed E-state index contributed by atoms with van der Waals surface area (Å²) in [4.78, 5) is 13.9. The van der Waals surface area contributed by atoms with E-state index in [4.69, 9.17) is 4.74 Å². The van der Waals surface area contributed by atoms with Gasteiger partial charge in [0.25, 0.3) is 0 Å². The van der Waals surface area contributed by atoms with Crippen molar-refractivity contribution in [3.8, 4) is 5.75 Å². The first-order chi connectivity index (χ1) is 8.86. The molecule has 1 aliphatic heterocycles. The summed E-state index contributed by atoms with van der Waals surface area (Å²) in [5.41, 5.74) is 0. The number of hydrogen-bond donors (Lipinski definition) is 1. The van der Waals surface area contributed by atoms with Gasteiger partial charge in [-0.3, -0.25) is 4.79 Å². The van der Waals surface area contributed by atoms with E-state index in [9.17, 15) is 4.79 Å². The highest BCUT2D eigenvalue weighted by atomic mass is 35.5. The van der Waals surface area contributed by atoms with Crippen LogP contribution < -0.4 is 10.1 Å². The number of halogens is 1. The van der Waals surface area contributed by atoms with Gasteiger partial charge in [0.1, 0.15) is 5.75 Å². The summed E-state index contributed by atoms with van der Waals surface area (Å²) in [6, 6.07) is 9.61. The Bertz CT molecular complexity index is 365. The number of rotatable bonds is 4. The fourth-order valence-electron chi connectivity index (χ4n) is 2.03. The summed E-state index contributed by atoms with van der Waals surface area (Å²) in [7, 11) is 0. The third-order valence-electron chi connectivity index (χ3n) is 3.02. The standard InChI is InChI=1S/C14H20N2O2.ClH/c17-14(16-10-4-8-15-9-11-16)7-12-18-13-5-2-1-3-6-13;/h1-3,5-6,15H,4,7-12H2;1H. The number of ether oxygens (including phenoxy) is 1. The van der Waals surface area contributed by atoms with E-state index in [0.29, 0.717) is 13.0 Å². The second kappa shape index (κ2) is 8.77. The molecule has 1 fully saturated rings. The van der Waals surface area contributed by atoms with Gasteiger partial charge in [-0.25, -0.2) is 0 Å². The second-order valence-corrected chi connectivity index (χ2v) is 4.40. The molecule has 0 unspecified atom stereocenters. The van der Waals surface area contributed by atoms with Crippen molar-refractivity contribution in [3.63, 3.8) is 0 Å². The molecule has 1 amide bonds. The van der Waals surface area contributed by atoms with Crippen molar-refractivity contribution in [1.29, 1.82) is 0 Å². The van der Waals surface area contributed by atoms with Crippen molar-refractivity contribution in [2.75, 3.05) is 32.8 Å². The van der Waals surface area contributed by atoms with Crippen LogP contribution in [0.2, 0.25) is 0 Å². The van der Waals surface area contributed by atoms with Crippen LogP contribution in [0.4, 0.5) is 0 Å². The van der Waals surface area contributed by atoms with E-state index >= 15 is 0 Å². The van der Waals surface area contributed by atoms with Crippen LogP contribution in [0.5, 0.6) is 5.75 Å². The number of carbonyl (C=O) groups is 1. The van der Waals surface area contributed by atoms with Crippen molar-refractivity contribution < 1.29 is 9.53 Å². The Balaban J connectivity index is 0.00000180. The topological polar surface area (TPSA) is 41.6 Å². The third kappa shape index (κ3) is 5.49. The van der Waals surface area contributed by atoms with Gasteiger partial charge in [0.2, 0.25) is 5.91 Å². The van der Waals surface area contributed by atoms with Gasteiger partial charge >= 0.3 is 0 Å². The highest BCUT2D eigenvalue weighted by molar-refractivity contribution is 5.85. The fourth-order valence-corrected chi connectivity index (χ4v) is 2.03. The molecular formula is C14H21ClN2O2. The molecule has 0 bridgehead atoms. The highest BCUT2D eigenvalue weighted by Gasteiger charge is 2.14. The normalized spacial score (nSPS) is 15.3. The molecule has 1 saturated heterocycles. The molecule has 1 aromatic rings. The molecule has 4 nitrogen and oxygen atoms in total. The average Bonchev–Trinajstić information content (AvgIpc) is 2.69. The largest absolute Gasteiger partial charge is 0.493 e. The van der Waals surface area contributed by atoms with E-state index in [-0.39, 0.29) is 18.3 Å². The first kappa shape index (κ1) is 15.8. The monoisotopic (exact) mass is 284 g/mol. The van der Waals surface area contributed by atoms with Crippen LogP contribution in [-0.2, 0) is 4.79 Å². The number of carbonyl (C=O) groups excluding carboxylic acids is 1. The average molecular weight is 285 g/mol. The molecule has 1 aliphatic rings. The maximum absolute atomic E-state index is 12.0. The molecule has 19 heavy (non-hydrogen) atoms. The Morgan fingerprint density at radius 2 is 2.00 bits per heavy atom. The molecule has 0 radical (unpaired) electrons. The minimum absolute atomic E-state index is 0. The van der Waals surface area contributed by atoms with Gasteiger partial charge in [-0.1, -0.05) is 18.2 Å². The van der Waals surface area contributed by atoms with Crippen LogP contribution in [0.1, 0.15) is 12.8 Å². The zero-order valence-electron chi connectivity index (χ0n) is 11.0. The van der Waals surface area contributed by atoms with Crippen molar-refractivity contribution >= 4 is 18.3 Å². The molecule has 0 aromatic heterocycles. The molecule has 5 heteroatoms. The molecule has 0 atom stereocenters. The first-order valence-electron chi connectivity index (χ1n) is 6.52. The van der Waals surface area contributed by atoms with E-state index in [2.05, 4.69) is 5.32 Å². The van der Waals surface area contributed by atoms with E-state index < -0.39 is 0 Å². The van der Waals surface area contributed by atoms with E-state index in [0.717, 1.165) is 38.3 Å². The van der Waals surface area contributed by atoms with Gasteiger partial charge in [-0.05, 0) is 25.1 Å². The molecule has 0 spiro atoms. The molecule has 106 valence electrons. The van der Waals surface area contributed by atoms with Crippen LogP contribution >= 0.6 is 12.4 Å². The van der Waals surface area contributed by atoms with Gasteiger partial charge in [0.05, 0.1) is 13.0 Å². The minimum atomic E-state index is 0. The zero-order valence-corrected chi connectivity index (χ0v) is 11.8. The lowest BCUT2D eigenvalue weighted by molar-refractivity contribution is -0.131. The maximum atomic E-state index is 12.0. The summed E-state index contributed by atoms with van der Waals surface area (Å²) in [6.07, 6.45) is 1.49. The SMILES string of the molecule is Cl.O=C(CCOc1ccccc1)N1CCCNCC1. The lowest BCUT2D eigenvalue weighted by Crippen LogP contribution is -2.34. The van der Waals surface area contributed by atoms with E-state index in [1.165, 1.54) is 0 Å². The van der Waals surface area contributed by atoms with E-state index in [1.54, 1.807) is 0 Å². The number of para-hydroxylation sites is 1. The van der Waals surface area contributed by atoms with E-state index in [1.807, 2.05) is 35.2 Å². The second-order valence-electron chi connectivity index (χ2n) is 4.40. The number of amides is 1. The van der Waals surface area contributed by atoms with Gasteiger partial charge in [-0.2, -0.15) is 0 Å².